The molecule has 0 atom stereocenters. The third-order valence-corrected chi connectivity index (χ3v) is 2.87. The predicted octanol–water partition coefficient (Wildman–Crippen LogP) is 0.276. The van der Waals surface area contributed by atoms with E-state index in [4.69, 9.17) is 0 Å². The third-order valence-electron chi connectivity index (χ3n) is 2.87. The second kappa shape index (κ2) is 4.50. The molecule has 0 saturated carbocycles. The Hall–Kier alpha value is -1.95. The first kappa shape index (κ1) is 10.2. The van der Waals surface area contributed by atoms with Crippen LogP contribution in [0.15, 0.2) is 24.7 Å². The summed E-state index contributed by atoms with van der Waals surface area (Å²) in [5.41, 5.74) is 1.78. The minimum atomic E-state index is 0.819. The molecular weight excluding hydrogens is 216 g/mol. The van der Waals surface area contributed by atoms with E-state index in [9.17, 15) is 0 Å². The molecule has 0 spiro atoms. The molecule has 6 heteroatoms. The van der Waals surface area contributed by atoms with Gasteiger partial charge in [0.05, 0.1) is 5.69 Å². The number of nitrogens with one attached hydrogen (secondary N) is 2. The zero-order valence-corrected chi connectivity index (χ0v) is 9.43. The van der Waals surface area contributed by atoms with Gasteiger partial charge in [-0.3, -0.25) is 0 Å². The van der Waals surface area contributed by atoms with Gasteiger partial charge >= 0.3 is 0 Å². The predicted molar refractivity (Wildman–Crippen MR) is 64.7 cm³/mol. The lowest BCUT2D eigenvalue weighted by molar-refractivity contribution is 0.583. The number of hydrogen-bond donors (Lipinski definition) is 2. The number of aromatic amines is 1. The van der Waals surface area contributed by atoms with Crippen LogP contribution in [0.1, 0.15) is 0 Å². The van der Waals surface area contributed by atoms with Gasteiger partial charge in [0, 0.05) is 32.4 Å². The van der Waals surface area contributed by atoms with Gasteiger partial charge in [-0.25, -0.2) is 4.98 Å². The van der Waals surface area contributed by atoms with E-state index in [1.54, 1.807) is 0 Å². The summed E-state index contributed by atoms with van der Waals surface area (Å²) in [7, 11) is 0. The van der Waals surface area contributed by atoms with Crippen LogP contribution in [-0.2, 0) is 0 Å². The molecule has 6 nitrogen and oxygen atoms in total. The molecule has 0 unspecified atom stereocenters. The van der Waals surface area contributed by atoms with Crippen LogP contribution in [0.3, 0.4) is 0 Å². The number of nitrogens with zero attached hydrogens (tertiary/aromatic N) is 4. The fraction of sp³-hybridized carbons (Fsp3) is 0.364. The molecule has 1 fully saturated rings. The average Bonchev–Trinajstić information content (AvgIpc) is 2.94. The zero-order valence-electron chi connectivity index (χ0n) is 9.43. The van der Waals surface area contributed by atoms with Crippen LogP contribution in [-0.4, -0.2) is 46.3 Å². The molecule has 17 heavy (non-hydrogen) atoms. The fourth-order valence-corrected chi connectivity index (χ4v) is 2.03. The van der Waals surface area contributed by atoms with Gasteiger partial charge in [-0.05, 0) is 12.1 Å². The molecule has 2 aromatic rings. The van der Waals surface area contributed by atoms with Crippen molar-refractivity contribution in [3.8, 4) is 11.4 Å². The van der Waals surface area contributed by atoms with Gasteiger partial charge in [0.2, 0.25) is 0 Å². The smallest absolute Gasteiger partial charge is 0.160 e. The van der Waals surface area contributed by atoms with Crippen molar-refractivity contribution in [2.75, 3.05) is 31.1 Å². The number of piperazine rings is 1. The number of aromatic nitrogens is 4. The topological polar surface area (TPSA) is 69.7 Å². The lowest BCUT2D eigenvalue weighted by atomic mass is 10.2. The first-order valence-electron chi connectivity index (χ1n) is 5.72. The van der Waals surface area contributed by atoms with Gasteiger partial charge in [-0.15, -0.1) is 10.2 Å². The Bertz CT molecular complexity index is 474. The van der Waals surface area contributed by atoms with Crippen molar-refractivity contribution in [3.05, 3.63) is 24.7 Å². The monoisotopic (exact) mass is 230 g/mol. The molecule has 0 bridgehead atoms. The van der Waals surface area contributed by atoms with Crippen molar-refractivity contribution >= 4 is 5.82 Å². The van der Waals surface area contributed by atoms with Crippen LogP contribution < -0.4 is 10.2 Å². The van der Waals surface area contributed by atoms with Crippen LogP contribution in [0.2, 0.25) is 0 Å². The maximum atomic E-state index is 4.36. The summed E-state index contributed by atoms with van der Waals surface area (Å²) in [5.74, 6) is 0.906. The molecular formula is C11H14N6. The van der Waals surface area contributed by atoms with Gasteiger partial charge in [0.1, 0.15) is 6.33 Å². The van der Waals surface area contributed by atoms with Gasteiger partial charge in [-0.2, -0.15) is 0 Å². The normalized spacial score (nSPS) is 16.1. The van der Waals surface area contributed by atoms with Gasteiger partial charge in [0.25, 0.3) is 0 Å². The van der Waals surface area contributed by atoms with Crippen LogP contribution in [0.25, 0.3) is 11.4 Å². The van der Waals surface area contributed by atoms with Crippen LogP contribution >= 0.6 is 0 Å². The quantitative estimate of drug-likeness (QED) is 0.775. The number of hydrogen-bond acceptors (Lipinski definition) is 5. The van der Waals surface area contributed by atoms with Crippen molar-refractivity contribution in [3.63, 3.8) is 0 Å². The van der Waals surface area contributed by atoms with E-state index in [2.05, 4.69) is 30.4 Å². The van der Waals surface area contributed by atoms with E-state index >= 15 is 0 Å². The molecule has 0 aliphatic carbocycles. The molecule has 88 valence electrons. The molecule has 1 saturated heterocycles. The summed E-state index contributed by atoms with van der Waals surface area (Å²) in [4.78, 5) is 9.75. The highest BCUT2D eigenvalue weighted by Crippen LogP contribution is 2.24. The lowest BCUT2D eigenvalue weighted by Crippen LogP contribution is -2.44. The Kier molecular flexibility index (Phi) is 2.71. The van der Waals surface area contributed by atoms with Crippen molar-refractivity contribution in [1.82, 2.24) is 25.5 Å². The van der Waals surface area contributed by atoms with Gasteiger partial charge in [-0.1, -0.05) is 0 Å². The third kappa shape index (κ3) is 1.99. The number of H-pyrrole nitrogens is 1. The highest BCUT2D eigenvalue weighted by molar-refractivity contribution is 5.68. The van der Waals surface area contributed by atoms with Gasteiger partial charge < -0.3 is 15.2 Å². The van der Waals surface area contributed by atoms with Crippen LogP contribution in [0, 0.1) is 0 Å². The minimum absolute atomic E-state index is 0.819. The molecule has 3 rings (SSSR count). The van der Waals surface area contributed by atoms with Crippen LogP contribution in [0.4, 0.5) is 5.82 Å². The second-order valence-corrected chi connectivity index (χ2v) is 3.95. The number of anilines is 1. The van der Waals surface area contributed by atoms with Crippen molar-refractivity contribution in [2.24, 2.45) is 0 Å². The highest BCUT2D eigenvalue weighted by Gasteiger charge is 2.18. The Morgan fingerprint density at radius 3 is 2.88 bits per heavy atom. The summed E-state index contributed by atoms with van der Waals surface area (Å²) in [6.07, 6.45) is 3.38. The average molecular weight is 230 g/mol. The van der Waals surface area contributed by atoms with E-state index < -0.39 is 0 Å². The summed E-state index contributed by atoms with van der Waals surface area (Å²) >= 11 is 0. The molecule has 0 aromatic carbocycles. The van der Waals surface area contributed by atoms with Crippen molar-refractivity contribution < 1.29 is 0 Å². The van der Waals surface area contributed by atoms with Gasteiger partial charge in [0.15, 0.2) is 11.5 Å². The Labute approximate surface area is 99.1 Å². The van der Waals surface area contributed by atoms with Crippen LogP contribution in [0.5, 0.6) is 0 Å². The minimum Gasteiger partial charge on any atom is -0.360 e. The van der Waals surface area contributed by atoms with E-state index in [1.807, 2.05) is 18.3 Å². The van der Waals surface area contributed by atoms with Crippen molar-refractivity contribution in [2.45, 2.75) is 0 Å². The molecule has 2 aromatic heterocycles. The largest absolute Gasteiger partial charge is 0.360 e. The SMILES string of the molecule is c1c[nH]c(-c2nncnc2N2CCNCC2)c1. The van der Waals surface area contributed by atoms with E-state index in [0.717, 1.165) is 43.4 Å². The summed E-state index contributed by atoms with van der Waals surface area (Å²) < 4.78 is 0. The first-order valence-corrected chi connectivity index (χ1v) is 5.72. The van der Waals surface area contributed by atoms with E-state index in [-0.39, 0.29) is 0 Å². The van der Waals surface area contributed by atoms with Crippen molar-refractivity contribution in [1.29, 1.82) is 0 Å². The Morgan fingerprint density at radius 2 is 2.12 bits per heavy atom. The maximum Gasteiger partial charge on any atom is 0.160 e. The summed E-state index contributed by atoms with van der Waals surface area (Å²) in [6, 6.07) is 3.93. The molecule has 0 amide bonds. The Morgan fingerprint density at radius 1 is 1.24 bits per heavy atom. The second-order valence-electron chi connectivity index (χ2n) is 3.95. The van der Waals surface area contributed by atoms with E-state index in [1.165, 1.54) is 6.33 Å². The molecule has 3 heterocycles. The highest BCUT2D eigenvalue weighted by atomic mass is 15.3. The summed E-state index contributed by atoms with van der Waals surface area (Å²) in [5, 5.41) is 11.4. The first-order chi connectivity index (χ1) is 8.45. The molecule has 1 aliphatic rings. The fourth-order valence-electron chi connectivity index (χ4n) is 2.03. The zero-order chi connectivity index (χ0) is 11.5. The summed E-state index contributed by atoms with van der Waals surface area (Å²) in [6.45, 7) is 3.86. The maximum absolute atomic E-state index is 4.36. The standard InChI is InChI=1S/C11H14N6/c1-2-9(13-3-1)10-11(14-8-15-16-10)17-6-4-12-5-7-17/h1-3,8,12-13H,4-7H2. The number of rotatable bonds is 2. The molecule has 1 aliphatic heterocycles. The molecule has 0 radical (unpaired) electrons. The Balaban J connectivity index is 1.98. The molecule has 2 N–H and O–H groups in total. The van der Waals surface area contributed by atoms with E-state index in [0.29, 0.717) is 0 Å². The lowest BCUT2D eigenvalue weighted by Gasteiger charge is -2.28.